The lowest BCUT2D eigenvalue weighted by Crippen LogP contribution is -1.95. The maximum atomic E-state index is 11.5. The smallest absolute Gasteiger partial charge is 0.160 e. The van der Waals surface area contributed by atoms with Gasteiger partial charge in [0.15, 0.2) is 5.78 Å². The van der Waals surface area contributed by atoms with Crippen molar-refractivity contribution >= 4 is 29.2 Å². The monoisotopic (exact) mass is 246 g/mol. The summed E-state index contributed by atoms with van der Waals surface area (Å²) in [6, 6.07) is 11.9. The number of benzene rings is 2. The van der Waals surface area contributed by atoms with Crippen molar-refractivity contribution in [2.24, 2.45) is 0 Å². The van der Waals surface area contributed by atoms with Crippen LogP contribution in [-0.4, -0.2) is 5.78 Å². The fourth-order valence-electron chi connectivity index (χ4n) is 1.76. The van der Waals surface area contributed by atoms with Gasteiger partial charge in [0.05, 0.1) is 0 Å². The van der Waals surface area contributed by atoms with E-state index in [9.17, 15) is 4.79 Å². The Balaban J connectivity index is 0.000000686. The summed E-state index contributed by atoms with van der Waals surface area (Å²) in [4.78, 5) is 11.5. The van der Waals surface area contributed by atoms with Crippen molar-refractivity contribution in [1.29, 1.82) is 0 Å². The van der Waals surface area contributed by atoms with Crippen molar-refractivity contribution in [3.63, 3.8) is 0 Å². The van der Waals surface area contributed by atoms with Crippen LogP contribution in [-0.2, 0) is 5.75 Å². The summed E-state index contributed by atoms with van der Waals surface area (Å²) in [5.41, 5.74) is 1.87. The zero-order chi connectivity index (χ0) is 12.8. The SMILES string of the molecule is CC.CC(=O)c1cc(CS)cc2ccccc12. The van der Waals surface area contributed by atoms with Gasteiger partial charge in [0.25, 0.3) is 0 Å². The minimum Gasteiger partial charge on any atom is -0.294 e. The average molecular weight is 246 g/mol. The maximum absolute atomic E-state index is 11.5. The van der Waals surface area contributed by atoms with E-state index in [1.807, 2.05) is 44.2 Å². The number of hydrogen-bond donors (Lipinski definition) is 1. The van der Waals surface area contributed by atoms with Crippen LogP contribution in [0, 0.1) is 0 Å². The van der Waals surface area contributed by atoms with Gasteiger partial charge >= 0.3 is 0 Å². The Hall–Kier alpha value is -1.28. The molecule has 0 fully saturated rings. The summed E-state index contributed by atoms with van der Waals surface area (Å²) in [7, 11) is 0. The molecule has 2 heteroatoms. The second-order valence-electron chi connectivity index (χ2n) is 3.58. The predicted molar refractivity (Wildman–Crippen MR) is 78.0 cm³/mol. The number of fused-ring (bicyclic) bond motifs is 1. The van der Waals surface area contributed by atoms with Crippen LogP contribution >= 0.6 is 12.6 Å². The highest BCUT2D eigenvalue weighted by Gasteiger charge is 2.06. The highest BCUT2D eigenvalue weighted by Crippen LogP contribution is 2.22. The molecule has 2 rings (SSSR count). The number of carbonyl (C=O) groups is 1. The van der Waals surface area contributed by atoms with E-state index >= 15 is 0 Å². The van der Waals surface area contributed by atoms with E-state index < -0.39 is 0 Å². The van der Waals surface area contributed by atoms with E-state index in [1.165, 1.54) is 0 Å². The van der Waals surface area contributed by atoms with Crippen LogP contribution in [0.1, 0.15) is 36.7 Å². The van der Waals surface area contributed by atoms with Crippen molar-refractivity contribution in [3.8, 4) is 0 Å². The van der Waals surface area contributed by atoms with E-state index in [4.69, 9.17) is 0 Å². The fourth-order valence-corrected chi connectivity index (χ4v) is 1.94. The summed E-state index contributed by atoms with van der Waals surface area (Å²) in [5, 5.41) is 2.13. The Morgan fingerprint density at radius 1 is 1.18 bits per heavy atom. The number of rotatable bonds is 2. The molecule has 0 bridgehead atoms. The molecule has 0 heterocycles. The first-order chi connectivity index (χ1) is 8.22. The zero-order valence-electron chi connectivity index (χ0n) is 10.5. The lowest BCUT2D eigenvalue weighted by atomic mass is 9.99. The van der Waals surface area contributed by atoms with Crippen LogP contribution in [0.2, 0.25) is 0 Å². The van der Waals surface area contributed by atoms with Crippen molar-refractivity contribution in [2.45, 2.75) is 26.5 Å². The van der Waals surface area contributed by atoms with Crippen LogP contribution in [0.15, 0.2) is 36.4 Å². The Labute approximate surface area is 108 Å². The molecule has 17 heavy (non-hydrogen) atoms. The van der Waals surface area contributed by atoms with E-state index in [0.717, 1.165) is 21.9 Å². The van der Waals surface area contributed by atoms with Crippen molar-refractivity contribution in [2.75, 3.05) is 0 Å². The topological polar surface area (TPSA) is 17.1 Å². The summed E-state index contributed by atoms with van der Waals surface area (Å²) in [6.45, 7) is 5.60. The number of hydrogen-bond acceptors (Lipinski definition) is 2. The van der Waals surface area contributed by atoms with E-state index in [2.05, 4.69) is 18.7 Å². The first-order valence-corrected chi connectivity index (χ1v) is 6.49. The molecular weight excluding hydrogens is 228 g/mol. The average Bonchev–Trinajstić information content (AvgIpc) is 2.39. The molecule has 2 aromatic rings. The zero-order valence-corrected chi connectivity index (χ0v) is 11.4. The molecule has 90 valence electrons. The highest BCUT2D eigenvalue weighted by atomic mass is 32.1. The first kappa shape index (κ1) is 13.8. The third-order valence-corrected chi connectivity index (χ3v) is 2.85. The molecule has 0 aliphatic carbocycles. The van der Waals surface area contributed by atoms with Gasteiger partial charge in [-0.2, -0.15) is 12.6 Å². The van der Waals surface area contributed by atoms with E-state index in [0.29, 0.717) is 5.75 Å². The number of thiol groups is 1. The van der Waals surface area contributed by atoms with Gasteiger partial charge in [-0.25, -0.2) is 0 Å². The van der Waals surface area contributed by atoms with Gasteiger partial charge in [-0.05, 0) is 29.3 Å². The Morgan fingerprint density at radius 2 is 1.82 bits per heavy atom. The minimum atomic E-state index is 0.106. The molecule has 0 atom stereocenters. The van der Waals surface area contributed by atoms with E-state index in [-0.39, 0.29) is 5.78 Å². The molecule has 0 unspecified atom stereocenters. The van der Waals surface area contributed by atoms with Crippen LogP contribution in [0.25, 0.3) is 10.8 Å². The molecule has 0 N–H and O–H groups in total. The molecule has 0 radical (unpaired) electrons. The van der Waals surface area contributed by atoms with Gasteiger partial charge in [0.2, 0.25) is 0 Å². The molecule has 0 spiro atoms. The molecule has 0 saturated heterocycles. The van der Waals surface area contributed by atoms with Crippen LogP contribution in [0.4, 0.5) is 0 Å². The summed E-state index contributed by atoms with van der Waals surface area (Å²) in [6.07, 6.45) is 0. The fraction of sp³-hybridized carbons (Fsp3) is 0.267. The van der Waals surface area contributed by atoms with Gasteiger partial charge in [0.1, 0.15) is 0 Å². The quantitative estimate of drug-likeness (QED) is 0.610. The predicted octanol–water partition coefficient (Wildman–Crippen LogP) is 4.50. The van der Waals surface area contributed by atoms with Gasteiger partial charge in [-0.15, -0.1) is 0 Å². The van der Waals surface area contributed by atoms with Crippen molar-refractivity contribution in [3.05, 3.63) is 47.5 Å². The Morgan fingerprint density at radius 3 is 2.41 bits per heavy atom. The lowest BCUT2D eigenvalue weighted by Gasteiger charge is -2.06. The highest BCUT2D eigenvalue weighted by molar-refractivity contribution is 7.79. The van der Waals surface area contributed by atoms with Crippen LogP contribution < -0.4 is 0 Å². The first-order valence-electron chi connectivity index (χ1n) is 5.86. The van der Waals surface area contributed by atoms with Crippen LogP contribution in [0.5, 0.6) is 0 Å². The Kier molecular flexibility index (Phi) is 5.23. The number of carbonyl (C=O) groups excluding carboxylic acids is 1. The lowest BCUT2D eigenvalue weighted by molar-refractivity contribution is 0.101. The molecule has 0 aromatic heterocycles. The van der Waals surface area contributed by atoms with Crippen molar-refractivity contribution in [1.82, 2.24) is 0 Å². The third kappa shape index (κ3) is 3.10. The Bertz CT molecular complexity index is 517. The van der Waals surface area contributed by atoms with Gasteiger partial charge in [-0.1, -0.05) is 44.2 Å². The van der Waals surface area contributed by atoms with Crippen LogP contribution in [0.3, 0.4) is 0 Å². The second-order valence-corrected chi connectivity index (χ2v) is 3.90. The number of Topliss-reactive ketones (excluding diaryl/α,β-unsaturated/α-hetero) is 1. The molecule has 0 aliphatic rings. The summed E-state index contributed by atoms with van der Waals surface area (Å²) < 4.78 is 0. The summed E-state index contributed by atoms with van der Waals surface area (Å²) >= 11 is 4.24. The molecule has 0 aliphatic heterocycles. The largest absolute Gasteiger partial charge is 0.294 e. The maximum Gasteiger partial charge on any atom is 0.160 e. The second kappa shape index (κ2) is 6.45. The standard InChI is InChI=1S/C13H12OS.C2H6/c1-9(14)13-7-10(8-15)6-11-4-2-3-5-12(11)13;1-2/h2-7,15H,8H2,1H3;1-2H3. The van der Waals surface area contributed by atoms with Crippen molar-refractivity contribution < 1.29 is 4.79 Å². The normalized spacial score (nSPS) is 9.65. The molecule has 2 aromatic carbocycles. The van der Waals surface area contributed by atoms with Gasteiger partial charge < -0.3 is 0 Å². The van der Waals surface area contributed by atoms with Gasteiger partial charge in [-0.3, -0.25) is 4.79 Å². The molecule has 1 nitrogen and oxygen atoms in total. The third-order valence-electron chi connectivity index (χ3n) is 2.48. The van der Waals surface area contributed by atoms with E-state index in [1.54, 1.807) is 6.92 Å². The summed E-state index contributed by atoms with van der Waals surface area (Å²) in [5.74, 6) is 0.764. The number of ketones is 1. The molecule has 0 amide bonds. The molecule has 0 saturated carbocycles. The minimum absolute atomic E-state index is 0.106. The molecular formula is C15H18OS. The van der Waals surface area contributed by atoms with Gasteiger partial charge in [0, 0.05) is 11.3 Å².